The summed E-state index contributed by atoms with van der Waals surface area (Å²) < 4.78 is 2.62. The van der Waals surface area contributed by atoms with Crippen LogP contribution in [0.2, 0.25) is 0 Å². The highest BCUT2D eigenvalue weighted by Gasteiger charge is 2.03. The van der Waals surface area contributed by atoms with Gasteiger partial charge >= 0.3 is 0 Å². The summed E-state index contributed by atoms with van der Waals surface area (Å²) in [6, 6.07) is 2.02. The molecule has 2 rings (SSSR count). The number of tetrazole rings is 1. The Balaban J connectivity index is 2.19. The zero-order chi connectivity index (χ0) is 9.26. The van der Waals surface area contributed by atoms with Crippen molar-refractivity contribution in [1.29, 1.82) is 0 Å². The van der Waals surface area contributed by atoms with Gasteiger partial charge in [0.1, 0.15) is 0 Å². The van der Waals surface area contributed by atoms with Crippen LogP contribution in [0.15, 0.2) is 15.9 Å². The molecule has 0 unspecified atom stereocenters. The molecule has 2 N–H and O–H groups in total. The van der Waals surface area contributed by atoms with Crippen LogP contribution >= 0.6 is 27.3 Å². The Kier molecular flexibility index (Phi) is 2.28. The molecule has 68 valence electrons. The van der Waals surface area contributed by atoms with Gasteiger partial charge in [-0.3, -0.25) is 0 Å². The summed E-state index contributed by atoms with van der Waals surface area (Å²) in [7, 11) is 0. The van der Waals surface area contributed by atoms with Crippen molar-refractivity contribution in [3.05, 3.63) is 20.8 Å². The maximum absolute atomic E-state index is 5.51. The number of thiophene rings is 1. The quantitative estimate of drug-likeness (QED) is 0.878. The summed E-state index contributed by atoms with van der Waals surface area (Å²) in [5.41, 5.74) is 5.51. The van der Waals surface area contributed by atoms with Gasteiger partial charge in [-0.05, 0) is 32.4 Å². The van der Waals surface area contributed by atoms with Crippen LogP contribution in [0.5, 0.6) is 0 Å². The molecule has 0 atom stereocenters. The normalized spacial score (nSPS) is 10.5. The maximum atomic E-state index is 5.51. The van der Waals surface area contributed by atoms with Crippen molar-refractivity contribution in [3.8, 4) is 0 Å². The molecular weight excluding hydrogens is 254 g/mol. The third kappa shape index (κ3) is 1.86. The second-order valence-electron chi connectivity index (χ2n) is 2.43. The fraction of sp³-hybridized carbons (Fsp3) is 0.167. The van der Waals surface area contributed by atoms with Gasteiger partial charge < -0.3 is 5.73 Å². The molecule has 13 heavy (non-hydrogen) atoms. The van der Waals surface area contributed by atoms with Crippen molar-refractivity contribution in [2.24, 2.45) is 0 Å². The molecule has 0 aliphatic carbocycles. The number of hydrogen-bond donors (Lipinski definition) is 1. The molecule has 0 aliphatic heterocycles. The lowest BCUT2D eigenvalue weighted by atomic mass is 10.5. The van der Waals surface area contributed by atoms with E-state index in [1.165, 1.54) is 0 Å². The van der Waals surface area contributed by atoms with E-state index < -0.39 is 0 Å². The molecule has 5 nitrogen and oxygen atoms in total. The van der Waals surface area contributed by atoms with Gasteiger partial charge in [0.15, 0.2) is 0 Å². The molecule has 0 spiro atoms. The average molecular weight is 260 g/mol. The maximum Gasteiger partial charge on any atom is 0.240 e. The standard InChI is InChI=1S/C6H6BrN5S/c7-4-1-5(13-3-4)2-12-6(8)9-10-11-12/h1,3H,2H2,(H2,8,9,11). The predicted octanol–water partition coefficient (Wildman–Crippen LogP) is 1.13. The summed E-state index contributed by atoms with van der Waals surface area (Å²) in [5, 5.41) is 12.8. The van der Waals surface area contributed by atoms with Gasteiger partial charge in [0.05, 0.1) is 6.54 Å². The number of aromatic nitrogens is 4. The van der Waals surface area contributed by atoms with Crippen LogP contribution in [0.4, 0.5) is 5.95 Å². The fourth-order valence-corrected chi connectivity index (χ4v) is 2.34. The van der Waals surface area contributed by atoms with E-state index in [0.29, 0.717) is 12.5 Å². The molecule has 2 aromatic heterocycles. The zero-order valence-corrected chi connectivity index (χ0v) is 8.92. The molecule has 0 fully saturated rings. The molecule has 0 radical (unpaired) electrons. The van der Waals surface area contributed by atoms with Crippen LogP contribution in [0.1, 0.15) is 4.88 Å². The molecule has 2 heterocycles. The van der Waals surface area contributed by atoms with Gasteiger partial charge in [0.2, 0.25) is 5.95 Å². The molecule has 0 aliphatic rings. The number of anilines is 1. The van der Waals surface area contributed by atoms with Crippen molar-refractivity contribution in [3.63, 3.8) is 0 Å². The van der Waals surface area contributed by atoms with Gasteiger partial charge in [-0.2, -0.15) is 0 Å². The highest BCUT2D eigenvalue weighted by Crippen LogP contribution is 2.20. The van der Waals surface area contributed by atoms with Gasteiger partial charge in [0, 0.05) is 14.7 Å². The van der Waals surface area contributed by atoms with Crippen LogP contribution in [-0.2, 0) is 6.54 Å². The first kappa shape index (κ1) is 8.64. The van der Waals surface area contributed by atoms with Crippen molar-refractivity contribution < 1.29 is 0 Å². The summed E-state index contributed by atoms with van der Waals surface area (Å²) in [4.78, 5) is 1.16. The van der Waals surface area contributed by atoms with E-state index in [-0.39, 0.29) is 0 Å². The first-order chi connectivity index (χ1) is 6.25. The van der Waals surface area contributed by atoms with E-state index in [1.54, 1.807) is 16.0 Å². The van der Waals surface area contributed by atoms with Gasteiger partial charge in [-0.15, -0.1) is 11.3 Å². The smallest absolute Gasteiger partial charge is 0.240 e. The molecule has 0 bridgehead atoms. The second kappa shape index (κ2) is 3.43. The summed E-state index contributed by atoms with van der Waals surface area (Å²) >= 11 is 5.01. The van der Waals surface area contributed by atoms with Gasteiger partial charge in [-0.1, -0.05) is 5.10 Å². The topological polar surface area (TPSA) is 69.6 Å². The number of nitrogens with two attached hydrogens (primary N) is 1. The SMILES string of the molecule is Nc1nnnn1Cc1cc(Br)cs1. The Morgan fingerprint density at radius 1 is 1.62 bits per heavy atom. The van der Waals surface area contributed by atoms with E-state index >= 15 is 0 Å². The minimum atomic E-state index is 0.338. The highest BCUT2D eigenvalue weighted by atomic mass is 79.9. The van der Waals surface area contributed by atoms with Crippen molar-refractivity contribution in [2.45, 2.75) is 6.54 Å². The van der Waals surface area contributed by atoms with E-state index in [2.05, 4.69) is 31.5 Å². The van der Waals surface area contributed by atoms with E-state index in [9.17, 15) is 0 Å². The second-order valence-corrected chi connectivity index (χ2v) is 4.34. The molecule has 7 heteroatoms. The predicted molar refractivity (Wildman–Crippen MR) is 53.4 cm³/mol. The summed E-state index contributed by atoms with van der Waals surface area (Å²) in [5.74, 6) is 0.338. The molecule has 0 aromatic carbocycles. The van der Waals surface area contributed by atoms with Crippen LogP contribution in [0, 0.1) is 0 Å². The Labute approximate surface area is 86.7 Å². The Morgan fingerprint density at radius 2 is 2.46 bits per heavy atom. The molecule has 0 amide bonds. The molecule has 0 saturated heterocycles. The van der Waals surface area contributed by atoms with Crippen LogP contribution in [-0.4, -0.2) is 20.2 Å². The van der Waals surface area contributed by atoms with Crippen molar-refractivity contribution in [1.82, 2.24) is 20.2 Å². The first-order valence-electron chi connectivity index (χ1n) is 3.50. The van der Waals surface area contributed by atoms with E-state index in [4.69, 9.17) is 5.73 Å². The molecular formula is C6H6BrN5S. The van der Waals surface area contributed by atoms with E-state index in [1.807, 2.05) is 11.4 Å². The zero-order valence-electron chi connectivity index (χ0n) is 6.51. The van der Waals surface area contributed by atoms with Crippen LogP contribution < -0.4 is 5.73 Å². The Morgan fingerprint density at radius 3 is 3.00 bits per heavy atom. The fourth-order valence-electron chi connectivity index (χ4n) is 0.909. The lowest BCUT2D eigenvalue weighted by Gasteiger charge is -1.96. The number of hydrogen-bond acceptors (Lipinski definition) is 5. The minimum absolute atomic E-state index is 0.338. The lowest BCUT2D eigenvalue weighted by Crippen LogP contribution is -2.05. The van der Waals surface area contributed by atoms with Crippen molar-refractivity contribution >= 4 is 33.2 Å². The third-order valence-corrected chi connectivity index (χ3v) is 3.17. The van der Waals surface area contributed by atoms with Gasteiger partial charge in [-0.25, -0.2) is 4.68 Å². The number of halogens is 1. The van der Waals surface area contributed by atoms with Crippen LogP contribution in [0.3, 0.4) is 0 Å². The molecule has 0 saturated carbocycles. The number of nitrogen functional groups attached to an aromatic ring is 1. The first-order valence-corrected chi connectivity index (χ1v) is 5.17. The third-order valence-electron chi connectivity index (χ3n) is 1.49. The van der Waals surface area contributed by atoms with Crippen LogP contribution in [0.25, 0.3) is 0 Å². The number of nitrogens with zero attached hydrogens (tertiary/aromatic N) is 4. The largest absolute Gasteiger partial charge is 0.367 e. The highest BCUT2D eigenvalue weighted by molar-refractivity contribution is 9.10. The van der Waals surface area contributed by atoms with Crippen molar-refractivity contribution in [2.75, 3.05) is 5.73 Å². The summed E-state index contributed by atoms with van der Waals surface area (Å²) in [6.45, 7) is 0.620. The lowest BCUT2D eigenvalue weighted by molar-refractivity contribution is 0.661. The average Bonchev–Trinajstić information content (AvgIpc) is 2.64. The Hall–Kier alpha value is -0.950. The summed E-state index contributed by atoms with van der Waals surface area (Å²) in [6.07, 6.45) is 0. The van der Waals surface area contributed by atoms with E-state index in [0.717, 1.165) is 9.35 Å². The molecule has 2 aromatic rings. The van der Waals surface area contributed by atoms with Gasteiger partial charge in [0.25, 0.3) is 0 Å². The number of rotatable bonds is 2. The monoisotopic (exact) mass is 259 g/mol. The Bertz CT molecular complexity index is 409. The minimum Gasteiger partial charge on any atom is -0.367 e.